The second kappa shape index (κ2) is 7.07. The van der Waals surface area contributed by atoms with Gasteiger partial charge in [-0.3, -0.25) is 9.59 Å². The maximum absolute atomic E-state index is 13.4. The van der Waals surface area contributed by atoms with Crippen molar-refractivity contribution < 1.29 is 19.0 Å². The quantitative estimate of drug-likeness (QED) is 0.835. The van der Waals surface area contributed by atoms with Crippen LogP contribution < -0.4 is 5.43 Å². The zero-order chi connectivity index (χ0) is 20.0. The van der Waals surface area contributed by atoms with Crippen LogP contribution in [0.1, 0.15) is 34.2 Å². The van der Waals surface area contributed by atoms with Crippen LogP contribution in [0.2, 0.25) is 5.02 Å². The first-order valence-electron chi connectivity index (χ1n) is 8.87. The minimum absolute atomic E-state index is 0.0217. The number of hydrogen-bond donors (Lipinski definition) is 1. The number of ether oxygens (including phenoxy) is 1. The normalized spacial score (nSPS) is 17.6. The molecule has 0 saturated carbocycles. The summed E-state index contributed by atoms with van der Waals surface area (Å²) in [6.07, 6.45) is 1.78. The smallest absolute Gasteiger partial charge is 0.274 e. The molecule has 0 bridgehead atoms. The van der Waals surface area contributed by atoms with Crippen LogP contribution in [0.25, 0.3) is 5.57 Å². The number of rotatable bonds is 2. The Morgan fingerprint density at radius 1 is 1.29 bits per heavy atom. The van der Waals surface area contributed by atoms with Gasteiger partial charge in [-0.1, -0.05) is 23.7 Å². The molecule has 4 rings (SSSR count). The minimum atomic E-state index is -0.558. The first-order chi connectivity index (χ1) is 13.4. The third-order valence-electron chi connectivity index (χ3n) is 5.16. The first kappa shape index (κ1) is 18.7. The fourth-order valence-corrected chi connectivity index (χ4v) is 3.94. The molecule has 1 aromatic heterocycles. The maximum atomic E-state index is 13.4. The van der Waals surface area contributed by atoms with E-state index in [1.807, 2.05) is 0 Å². The molecule has 6 nitrogen and oxygen atoms in total. The summed E-state index contributed by atoms with van der Waals surface area (Å²) < 4.78 is 20.6. The van der Waals surface area contributed by atoms with Gasteiger partial charge in [-0.15, -0.1) is 0 Å². The number of amides is 1. The fourth-order valence-electron chi connectivity index (χ4n) is 3.74. The van der Waals surface area contributed by atoms with Crippen molar-refractivity contribution in [2.75, 3.05) is 13.2 Å². The van der Waals surface area contributed by atoms with Crippen LogP contribution in [0.5, 0.6) is 5.75 Å². The van der Waals surface area contributed by atoms with E-state index in [9.17, 15) is 19.1 Å². The molecule has 28 heavy (non-hydrogen) atoms. The molecule has 146 valence electrons. The Hall–Kier alpha value is -2.64. The minimum Gasteiger partial charge on any atom is -0.503 e. The Kier molecular flexibility index (Phi) is 4.72. The van der Waals surface area contributed by atoms with Crippen molar-refractivity contribution >= 4 is 23.1 Å². The summed E-state index contributed by atoms with van der Waals surface area (Å²) in [7, 11) is 0. The highest BCUT2D eigenvalue weighted by Gasteiger charge is 2.34. The molecule has 0 aliphatic carbocycles. The Balaban J connectivity index is 1.75. The molecule has 2 aliphatic rings. The topological polar surface area (TPSA) is 71.8 Å². The highest BCUT2D eigenvalue weighted by Crippen LogP contribution is 2.30. The lowest BCUT2D eigenvalue weighted by molar-refractivity contribution is 0.0671. The van der Waals surface area contributed by atoms with E-state index in [2.05, 4.69) is 0 Å². The Morgan fingerprint density at radius 2 is 2.07 bits per heavy atom. The van der Waals surface area contributed by atoms with Gasteiger partial charge in [-0.25, -0.2) is 4.39 Å². The van der Waals surface area contributed by atoms with Crippen molar-refractivity contribution in [3.8, 4) is 5.75 Å². The predicted octanol–water partition coefficient (Wildman–Crippen LogP) is 2.94. The number of allylic oxidation sites excluding steroid dienone is 1. The van der Waals surface area contributed by atoms with Gasteiger partial charge in [0.1, 0.15) is 5.82 Å². The zero-order valence-electron chi connectivity index (χ0n) is 15.2. The van der Waals surface area contributed by atoms with Crippen molar-refractivity contribution in [3.05, 3.63) is 67.9 Å². The van der Waals surface area contributed by atoms with Crippen molar-refractivity contribution in [2.45, 2.75) is 26.6 Å². The fraction of sp³-hybridized carbons (Fsp3) is 0.300. The first-order valence-corrected chi connectivity index (χ1v) is 9.25. The number of aromatic nitrogens is 1. The van der Waals surface area contributed by atoms with Gasteiger partial charge in [0.05, 0.1) is 29.5 Å². The van der Waals surface area contributed by atoms with Gasteiger partial charge in [-0.2, -0.15) is 0 Å². The predicted molar refractivity (Wildman–Crippen MR) is 102 cm³/mol. The zero-order valence-corrected chi connectivity index (χ0v) is 15.9. The molecule has 1 amide bonds. The van der Waals surface area contributed by atoms with Crippen LogP contribution in [0.3, 0.4) is 0 Å². The molecule has 1 aromatic carbocycles. The molecule has 3 heterocycles. The van der Waals surface area contributed by atoms with E-state index in [-0.39, 0.29) is 23.9 Å². The largest absolute Gasteiger partial charge is 0.503 e. The van der Waals surface area contributed by atoms with E-state index in [4.69, 9.17) is 16.3 Å². The third-order valence-corrected chi connectivity index (χ3v) is 5.45. The standard InChI is InChI=1S/C20H18ClFN2O4/c1-2-12-9-28-10-15-16(12)18(25)19(26)17-20(27)23(5-6-24(15)17)8-11-3-4-14(22)13(21)7-11/h2-4,7,26H,5-6,8-10H2,1H3/b12-2+. The molecule has 0 radical (unpaired) electrons. The van der Waals surface area contributed by atoms with E-state index >= 15 is 0 Å². The van der Waals surface area contributed by atoms with Crippen molar-refractivity contribution in [3.63, 3.8) is 0 Å². The van der Waals surface area contributed by atoms with Gasteiger partial charge >= 0.3 is 0 Å². The van der Waals surface area contributed by atoms with Crippen LogP contribution in [0, 0.1) is 5.82 Å². The van der Waals surface area contributed by atoms with E-state index in [1.165, 1.54) is 17.0 Å². The Bertz CT molecular complexity index is 1080. The van der Waals surface area contributed by atoms with E-state index in [0.717, 1.165) is 0 Å². The molecule has 0 atom stereocenters. The highest BCUT2D eigenvalue weighted by molar-refractivity contribution is 6.30. The molecular weight excluding hydrogens is 387 g/mol. The van der Waals surface area contributed by atoms with Gasteiger partial charge in [-0.05, 0) is 30.2 Å². The van der Waals surface area contributed by atoms with Gasteiger partial charge in [0.15, 0.2) is 11.4 Å². The van der Waals surface area contributed by atoms with E-state index in [0.29, 0.717) is 42.1 Å². The molecule has 0 unspecified atom stereocenters. The maximum Gasteiger partial charge on any atom is 0.274 e. The van der Waals surface area contributed by atoms with Crippen LogP contribution in [-0.4, -0.2) is 33.6 Å². The molecule has 8 heteroatoms. The third kappa shape index (κ3) is 2.91. The van der Waals surface area contributed by atoms with Crippen LogP contribution >= 0.6 is 11.6 Å². The number of benzene rings is 1. The lowest BCUT2D eigenvalue weighted by Gasteiger charge is -2.34. The number of carbonyl (C=O) groups excluding carboxylic acids is 1. The molecule has 1 N–H and O–H groups in total. The number of hydrogen-bond acceptors (Lipinski definition) is 4. The van der Waals surface area contributed by atoms with Crippen molar-refractivity contribution in [1.82, 2.24) is 9.47 Å². The molecular formula is C20H18ClFN2O4. The number of halogens is 2. The summed E-state index contributed by atoms with van der Waals surface area (Å²) in [5.41, 5.74) is 1.79. The van der Waals surface area contributed by atoms with Gasteiger partial charge in [0, 0.05) is 19.6 Å². The Morgan fingerprint density at radius 3 is 2.79 bits per heavy atom. The second-order valence-corrected chi connectivity index (χ2v) is 7.19. The van der Waals surface area contributed by atoms with Crippen LogP contribution in [0.15, 0.2) is 29.1 Å². The van der Waals surface area contributed by atoms with Crippen LogP contribution in [0.4, 0.5) is 4.39 Å². The van der Waals surface area contributed by atoms with Crippen LogP contribution in [-0.2, 0) is 24.4 Å². The molecule has 0 saturated heterocycles. The number of aromatic hydroxyl groups is 1. The summed E-state index contributed by atoms with van der Waals surface area (Å²) in [5.74, 6) is -1.54. The Labute approximate surface area is 165 Å². The summed E-state index contributed by atoms with van der Waals surface area (Å²) >= 11 is 5.82. The summed E-state index contributed by atoms with van der Waals surface area (Å²) in [5, 5.41) is 10.5. The van der Waals surface area contributed by atoms with Gasteiger partial charge < -0.3 is 19.3 Å². The monoisotopic (exact) mass is 404 g/mol. The number of fused-ring (bicyclic) bond motifs is 3. The van der Waals surface area contributed by atoms with E-state index in [1.54, 1.807) is 23.6 Å². The van der Waals surface area contributed by atoms with Gasteiger partial charge in [0.25, 0.3) is 5.91 Å². The second-order valence-electron chi connectivity index (χ2n) is 6.78. The number of pyridine rings is 1. The number of nitrogens with zero attached hydrogens (tertiary/aromatic N) is 2. The molecule has 2 aliphatic heterocycles. The SMILES string of the molecule is C/C=C1\COCc2c1c(=O)c(O)c1n2CCN(Cc2ccc(F)c(Cl)c2)C1=O. The number of carbonyl (C=O) groups is 1. The molecule has 0 spiro atoms. The lowest BCUT2D eigenvalue weighted by atomic mass is 9.99. The van der Waals surface area contributed by atoms with Crippen molar-refractivity contribution in [2.24, 2.45) is 0 Å². The highest BCUT2D eigenvalue weighted by atomic mass is 35.5. The summed E-state index contributed by atoms with van der Waals surface area (Å²) in [6, 6.07) is 4.26. The average molecular weight is 405 g/mol. The van der Waals surface area contributed by atoms with Crippen molar-refractivity contribution in [1.29, 1.82) is 0 Å². The lowest BCUT2D eigenvalue weighted by Crippen LogP contribution is -2.43. The average Bonchev–Trinajstić information content (AvgIpc) is 2.69. The summed E-state index contributed by atoms with van der Waals surface area (Å²) in [6.45, 7) is 3.28. The van der Waals surface area contributed by atoms with Gasteiger partial charge in [0.2, 0.25) is 5.43 Å². The molecule has 0 fully saturated rings. The summed E-state index contributed by atoms with van der Waals surface area (Å²) in [4.78, 5) is 27.3. The molecule has 2 aromatic rings. The van der Waals surface area contributed by atoms with E-state index < -0.39 is 22.9 Å².